The quantitative estimate of drug-likeness (QED) is 0.550. The first-order valence-corrected chi connectivity index (χ1v) is 4.60. The number of carbonyl (C=O) groups is 1. The van der Waals surface area contributed by atoms with E-state index in [1.54, 1.807) is 0 Å². The van der Waals surface area contributed by atoms with E-state index in [1.165, 1.54) is 0 Å². The van der Waals surface area contributed by atoms with Gasteiger partial charge in [-0.3, -0.25) is 4.79 Å². The van der Waals surface area contributed by atoms with Crippen LogP contribution < -0.4 is 0 Å². The lowest BCUT2D eigenvalue weighted by Crippen LogP contribution is -2.19. The van der Waals surface area contributed by atoms with E-state index in [0.717, 1.165) is 12.8 Å². The fourth-order valence-electron chi connectivity index (χ4n) is 1.42. The SMILES string of the molecule is CCCC(CC(=O)O)CC(O)CO. The lowest BCUT2D eigenvalue weighted by Gasteiger charge is -2.16. The van der Waals surface area contributed by atoms with Crippen molar-refractivity contribution >= 4 is 5.97 Å². The molecule has 0 aromatic rings. The van der Waals surface area contributed by atoms with Gasteiger partial charge in [0.05, 0.1) is 12.7 Å². The number of aliphatic hydroxyl groups is 2. The van der Waals surface area contributed by atoms with E-state index in [2.05, 4.69) is 0 Å². The van der Waals surface area contributed by atoms with Crippen LogP contribution in [0.25, 0.3) is 0 Å². The third-order valence-electron chi connectivity index (χ3n) is 1.98. The molecule has 0 fully saturated rings. The third-order valence-corrected chi connectivity index (χ3v) is 1.98. The molecule has 0 bridgehead atoms. The molecule has 0 rings (SSSR count). The summed E-state index contributed by atoms with van der Waals surface area (Å²) in [6.45, 7) is 1.68. The average Bonchev–Trinajstić information content (AvgIpc) is 2.03. The second kappa shape index (κ2) is 6.86. The van der Waals surface area contributed by atoms with Crippen LogP contribution >= 0.6 is 0 Å². The molecule has 3 N–H and O–H groups in total. The van der Waals surface area contributed by atoms with Crippen LogP contribution in [0.2, 0.25) is 0 Å². The second-order valence-electron chi connectivity index (χ2n) is 3.32. The highest BCUT2D eigenvalue weighted by Crippen LogP contribution is 2.17. The van der Waals surface area contributed by atoms with Crippen LogP contribution in [0.1, 0.15) is 32.6 Å². The number of carboxylic acids is 1. The van der Waals surface area contributed by atoms with Gasteiger partial charge in [0.15, 0.2) is 0 Å². The Balaban J connectivity index is 3.85. The summed E-state index contributed by atoms with van der Waals surface area (Å²) in [6, 6.07) is 0. The zero-order valence-corrected chi connectivity index (χ0v) is 7.94. The molecule has 4 nitrogen and oxygen atoms in total. The number of carboxylic acid groups (broad SMARTS) is 1. The highest BCUT2D eigenvalue weighted by Gasteiger charge is 2.16. The summed E-state index contributed by atoms with van der Waals surface area (Å²) >= 11 is 0. The van der Waals surface area contributed by atoms with E-state index >= 15 is 0 Å². The topological polar surface area (TPSA) is 77.8 Å². The van der Waals surface area contributed by atoms with Crippen molar-refractivity contribution in [3.8, 4) is 0 Å². The van der Waals surface area contributed by atoms with Gasteiger partial charge in [-0.1, -0.05) is 19.8 Å². The van der Waals surface area contributed by atoms with Gasteiger partial charge >= 0.3 is 5.97 Å². The molecule has 0 aliphatic rings. The predicted molar refractivity (Wildman–Crippen MR) is 48.4 cm³/mol. The monoisotopic (exact) mass is 190 g/mol. The summed E-state index contributed by atoms with van der Waals surface area (Å²) in [5.41, 5.74) is 0. The van der Waals surface area contributed by atoms with Crippen molar-refractivity contribution in [1.82, 2.24) is 0 Å². The van der Waals surface area contributed by atoms with Crippen molar-refractivity contribution in [2.45, 2.75) is 38.7 Å². The van der Waals surface area contributed by atoms with Crippen LogP contribution in [0.5, 0.6) is 0 Å². The van der Waals surface area contributed by atoms with Gasteiger partial charge in [0.25, 0.3) is 0 Å². The van der Waals surface area contributed by atoms with Gasteiger partial charge in [-0.15, -0.1) is 0 Å². The van der Waals surface area contributed by atoms with Gasteiger partial charge in [-0.25, -0.2) is 0 Å². The van der Waals surface area contributed by atoms with Crippen LogP contribution in [0.4, 0.5) is 0 Å². The molecule has 0 saturated carbocycles. The average molecular weight is 190 g/mol. The van der Waals surface area contributed by atoms with E-state index in [0.29, 0.717) is 6.42 Å². The van der Waals surface area contributed by atoms with Gasteiger partial charge in [-0.05, 0) is 12.3 Å². The van der Waals surface area contributed by atoms with E-state index in [1.807, 2.05) is 6.92 Å². The molecule has 78 valence electrons. The smallest absolute Gasteiger partial charge is 0.303 e. The summed E-state index contributed by atoms with van der Waals surface area (Å²) < 4.78 is 0. The Hall–Kier alpha value is -0.610. The Morgan fingerprint density at radius 1 is 1.46 bits per heavy atom. The van der Waals surface area contributed by atoms with E-state index in [4.69, 9.17) is 15.3 Å². The standard InChI is InChI=1S/C9H18O4/c1-2-3-7(5-9(12)13)4-8(11)6-10/h7-8,10-11H,2-6H2,1H3,(H,12,13). The largest absolute Gasteiger partial charge is 0.481 e. The van der Waals surface area contributed by atoms with Crippen molar-refractivity contribution in [2.75, 3.05) is 6.61 Å². The van der Waals surface area contributed by atoms with Gasteiger partial charge in [0.1, 0.15) is 0 Å². The number of aliphatic hydroxyl groups excluding tert-OH is 2. The lowest BCUT2D eigenvalue weighted by molar-refractivity contribution is -0.138. The van der Waals surface area contributed by atoms with E-state index < -0.39 is 12.1 Å². The third kappa shape index (κ3) is 6.54. The minimum absolute atomic E-state index is 0.0235. The molecule has 13 heavy (non-hydrogen) atoms. The van der Waals surface area contributed by atoms with Crippen molar-refractivity contribution < 1.29 is 20.1 Å². The minimum atomic E-state index is -0.844. The van der Waals surface area contributed by atoms with Crippen LogP contribution in [0, 0.1) is 5.92 Å². The molecule has 0 aromatic carbocycles. The second-order valence-corrected chi connectivity index (χ2v) is 3.32. The van der Waals surface area contributed by atoms with Crippen LogP contribution in [0.3, 0.4) is 0 Å². The highest BCUT2D eigenvalue weighted by molar-refractivity contribution is 5.66. The van der Waals surface area contributed by atoms with Crippen molar-refractivity contribution in [1.29, 1.82) is 0 Å². The summed E-state index contributed by atoms with van der Waals surface area (Å²) in [5, 5.41) is 26.3. The maximum Gasteiger partial charge on any atom is 0.303 e. The first-order valence-electron chi connectivity index (χ1n) is 4.60. The molecular formula is C9H18O4. The van der Waals surface area contributed by atoms with Crippen molar-refractivity contribution in [2.24, 2.45) is 5.92 Å². The number of rotatable bonds is 7. The Morgan fingerprint density at radius 3 is 2.46 bits per heavy atom. The van der Waals surface area contributed by atoms with Crippen LogP contribution in [-0.4, -0.2) is 34.0 Å². The van der Waals surface area contributed by atoms with Crippen molar-refractivity contribution in [3.63, 3.8) is 0 Å². The fraction of sp³-hybridized carbons (Fsp3) is 0.889. The summed E-state index contributed by atoms with van der Waals surface area (Å²) in [6.07, 6.45) is 1.34. The molecule has 2 atom stereocenters. The zero-order chi connectivity index (χ0) is 10.3. The van der Waals surface area contributed by atoms with Gasteiger partial charge in [0, 0.05) is 6.42 Å². The molecule has 0 aromatic heterocycles. The molecule has 2 unspecified atom stereocenters. The molecule has 4 heteroatoms. The zero-order valence-electron chi connectivity index (χ0n) is 7.94. The van der Waals surface area contributed by atoms with Gasteiger partial charge in [-0.2, -0.15) is 0 Å². The van der Waals surface area contributed by atoms with Gasteiger partial charge < -0.3 is 15.3 Å². The van der Waals surface area contributed by atoms with Crippen LogP contribution in [0.15, 0.2) is 0 Å². The number of aliphatic carboxylic acids is 1. The first kappa shape index (κ1) is 12.4. The molecule has 0 saturated heterocycles. The molecule has 0 spiro atoms. The van der Waals surface area contributed by atoms with Gasteiger partial charge in [0.2, 0.25) is 0 Å². The summed E-state index contributed by atoms with van der Waals surface area (Å²) in [5.74, 6) is -0.867. The Bertz CT molecular complexity index is 147. The van der Waals surface area contributed by atoms with E-state index in [9.17, 15) is 4.79 Å². The lowest BCUT2D eigenvalue weighted by atomic mass is 9.93. The molecule has 0 heterocycles. The summed E-state index contributed by atoms with van der Waals surface area (Å²) in [4.78, 5) is 10.4. The number of hydrogen-bond donors (Lipinski definition) is 3. The maximum atomic E-state index is 10.4. The minimum Gasteiger partial charge on any atom is -0.481 e. The van der Waals surface area contributed by atoms with Crippen LogP contribution in [-0.2, 0) is 4.79 Å². The highest BCUT2D eigenvalue weighted by atomic mass is 16.4. The van der Waals surface area contributed by atoms with Crippen molar-refractivity contribution in [3.05, 3.63) is 0 Å². The number of hydrogen-bond acceptors (Lipinski definition) is 3. The summed E-state index contributed by atoms with van der Waals surface area (Å²) in [7, 11) is 0. The molecule has 0 radical (unpaired) electrons. The predicted octanol–water partition coefficient (Wildman–Crippen LogP) is 0.621. The Kier molecular flexibility index (Phi) is 6.54. The van der Waals surface area contributed by atoms with E-state index in [-0.39, 0.29) is 18.9 Å². The molecular weight excluding hydrogens is 172 g/mol. The normalized spacial score (nSPS) is 15.3. The maximum absolute atomic E-state index is 10.4. The Morgan fingerprint density at radius 2 is 2.08 bits per heavy atom. The molecule has 0 aliphatic carbocycles. The first-order chi connectivity index (χ1) is 6.10. The fourth-order valence-corrected chi connectivity index (χ4v) is 1.42. The molecule has 0 amide bonds. The Labute approximate surface area is 78.2 Å². The molecule has 0 aliphatic heterocycles.